The van der Waals surface area contributed by atoms with E-state index in [1.165, 1.54) is 18.2 Å². The van der Waals surface area contributed by atoms with Crippen molar-refractivity contribution in [2.75, 3.05) is 5.32 Å². The summed E-state index contributed by atoms with van der Waals surface area (Å²) >= 11 is 3.04. The smallest absolute Gasteiger partial charge is 0.303 e. The van der Waals surface area contributed by atoms with E-state index in [4.69, 9.17) is 5.11 Å². The van der Waals surface area contributed by atoms with Crippen LogP contribution >= 0.6 is 15.9 Å². The Kier molecular flexibility index (Phi) is 5.43. The number of carboxylic acids is 1. The molecular formula is C11H11BrN2O5. The summed E-state index contributed by atoms with van der Waals surface area (Å²) in [6, 6.07) is 4.22. The van der Waals surface area contributed by atoms with Crippen molar-refractivity contribution in [3.8, 4) is 0 Å². The van der Waals surface area contributed by atoms with Crippen LogP contribution in [-0.2, 0) is 9.59 Å². The van der Waals surface area contributed by atoms with Gasteiger partial charge in [-0.3, -0.25) is 19.7 Å². The summed E-state index contributed by atoms with van der Waals surface area (Å²) in [7, 11) is 0. The summed E-state index contributed by atoms with van der Waals surface area (Å²) < 4.78 is 0.321. The van der Waals surface area contributed by atoms with Crippen molar-refractivity contribution in [3.63, 3.8) is 0 Å². The molecule has 7 nitrogen and oxygen atoms in total. The van der Waals surface area contributed by atoms with Crippen LogP contribution in [0.15, 0.2) is 22.7 Å². The van der Waals surface area contributed by atoms with Gasteiger partial charge in [0.25, 0.3) is 5.69 Å². The number of hydrogen-bond acceptors (Lipinski definition) is 4. The summed E-state index contributed by atoms with van der Waals surface area (Å²) in [5, 5.41) is 21.6. The Hall–Kier alpha value is -1.96. The standard InChI is InChI=1S/C11H11BrN2O5/c12-8-5-4-7(6-9(8)14(18)19)13-10(15)2-1-3-11(16)17/h4-6H,1-3H2,(H,13,15)(H,16,17). The minimum absolute atomic E-state index is 0.0517. The Balaban J connectivity index is 2.62. The molecule has 0 saturated carbocycles. The number of carbonyl (C=O) groups excluding carboxylic acids is 1. The number of halogens is 1. The topological polar surface area (TPSA) is 110 Å². The Morgan fingerprint density at radius 1 is 1.37 bits per heavy atom. The van der Waals surface area contributed by atoms with E-state index >= 15 is 0 Å². The number of carboxylic acid groups (broad SMARTS) is 1. The molecule has 0 unspecified atom stereocenters. The lowest BCUT2D eigenvalue weighted by molar-refractivity contribution is -0.385. The monoisotopic (exact) mass is 330 g/mol. The Morgan fingerprint density at radius 3 is 2.63 bits per heavy atom. The highest BCUT2D eigenvalue weighted by Crippen LogP contribution is 2.27. The number of aliphatic carboxylic acids is 1. The van der Waals surface area contributed by atoms with Crippen molar-refractivity contribution in [1.82, 2.24) is 0 Å². The van der Waals surface area contributed by atoms with Gasteiger partial charge in [-0.1, -0.05) is 0 Å². The number of nitro groups is 1. The summed E-state index contributed by atoms with van der Waals surface area (Å²) in [5.74, 6) is -1.34. The molecule has 2 N–H and O–H groups in total. The Morgan fingerprint density at radius 2 is 2.05 bits per heavy atom. The van der Waals surface area contributed by atoms with E-state index in [0.717, 1.165) is 0 Å². The predicted octanol–water partition coefficient (Wildman–Crippen LogP) is 2.55. The molecule has 1 aromatic carbocycles. The van der Waals surface area contributed by atoms with Crippen molar-refractivity contribution < 1.29 is 19.6 Å². The van der Waals surface area contributed by atoms with Gasteiger partial charge in [0, 0.05) is 24.6 Å². The van der Waals surface area contributed by atoms with E-state index in [9.17, 15) is 19.7 Å². The zero-order valence-electron chi connectivity index (χ0n) is 9.76. The van der Waals surface area contributed by atoms with Crippen LogP contribution in [0.3, 0.4) is 0 Å². The summed E-state index contributed by atoms with van der Waals surface area (Å²) in [6.07, 6.45) is 0.184. The van der Waals surface area contributed by atoms with E-state index in [1.54, 1.807) is 0 Å². The third-order valence-corrected chi connectivity index (χ3v) is 2.89. The molecule has 0 aliphatic rings. The van der Waals surface area contributed by atoms with Gasteiger partial charge < -0.3 is 10.4 Å². The first kappa shape index (κ1) is 15.1. The molecule has 102 valence electrons. The molecule has 19 heavy (non-hydrogen) atoms. The van der Waals surface area contributed by atoms with Crippen LogP contribution in [-0.4, -0.2) is 21.9 Å². The maximum absolute atomic E-state index is 11.5. The van der Waals surface area contributed by atoms with Crippen LogP contribution in [0.25, 0.3) is 0 Å². The fourth-order valence-corrected chi connectivity index (χ4v) is 1.75. The normalized spacial score (nSPS) is 9.95. The third kappa shape index (κ3) is 5.04. The highest BCUT2D eigenvalue weighted by molar-refractivity contribution is 9.10. The van der Waals surface area contributed by atoms with E-state index in [1.807, 2.05) is 0 Å². The molecule has 1 rings (SSSR count). The predicted molar refractivity (Wildman–Crippen MR) is 70.9 cm³/mol. The molecule has 0 saturated heterocycles. The van der Waals surface area contributed by atoms with Crippen molar-refractivity contribution in [2.24, 2.45) is 0 Å². The molecular weight excluding hydrogens is 320 g/mol. The van der Waals surface area contributed by atoms with Crippen molar-refractivity contribution in [1.29, 1.82) is 0 Å². The first-order valence-corrected chi connectivity index (χ1v) is 6.15. The molecule has 0 radical (unpaired) electrons. The molecule has 0 bridgehead atoms. The molecule has 1 amide bonds. The van der Waals surface area contributed by atoms with Gasteiger partial charge in [0.05, 0.1) is 9.40 Å². The summed E-state index contributed by atoms with van der Waals surface area (Å²) in [4.78, 5) is 31.9. The average molecular weight is 331 g/mol. The molecule has 0 atom stereocenters. The largest absolute Gasteiger partial charge is 0.481 e. The van der Waals surface area contributed by atoms with Gasteiger partial charge in [0.2, 0.25) is 5.91 Å². The number of benzene rings is 1. The Bertz CT molecular complexity index is 518. The maximum Gasteiger partial charge on any atom is 0.303 e. The number of amides is 1. The lowest BCUT2D eigenvalue weighted by Crippen LogP contribution is -2.12. The zero-order chi connectivity index (χ0) is 14.4. The van der Waals surface area contributed by atoms with Gasteiger partial charge in [0.1, 0.15) is 0 Å². The summed E-state index contributed by atoms with van der Waals surface area (Å²) in [6.45, 7) is 0. The van der Waals surface area contributed by atoms with E-state index in [0.29, 0.717) is 10.2 Å². The highest BCUT2D eigenvalue weighted by atomic mass is 79.9. The number of hydrogen-bond donors (Lipinski definition) is 2. The molecule has 0 aliphatic heterocycles. The van der Waals surface area contributed by atoms with Gasteiger partial charge in [-0.2, -0.15) is 0 Å². The van der Waals surface area contributed by atoms with E-state index in [-0.39, 0.29) is 30.9 Å². The van der Waals surface area contributed by atoms with E-state index in [2.05, 4.69) is 21.2 Å². The molecule has 0 fully saturated rings. The highest BCUT2D eigenvalue weighted by Gasteiger charge is 2.13. The number of nitrogens with one attached hydrogen (secondary N) is 1. The van der Waals surface area contributed by atoms with Crippen LogP contribution in [0.4, 0.5) is 11.4 Å². The minimum atomic E-state index is -0.966. The first-order valence-electron chi connectivity index (χ1n) is 5.35. The summed E-state index contributed by atoms with van der Waals surface area (Å²) in [5.41, 5.74) is 0.151. The van der Waals surface area contributed by atoms with Crippen molar-refractivity contribution in [2.45, 2.75) is 19.3 Å². The van der Waals surface area contributed by atoms with E-state index < -0.39 is 10.9 Å². The second-order valence-electron chi connectivity index (χ2n) is 3.72. The second-order valence-corrected chi connectivity index (χ2v) is 4.57. The van der Waals surface area contributed by atoms with Crippen LogP contribution in [0.1, 0.15) is 19.3 Å². The van der Waals surface area contributed by atoms with Crippen LogP contribution in [0.2, 0.25) is 0 Å². The van der Waals surface area contributed by atoms with Gasteiger partial charge in [-0.15, -0.1) is 0 Å². The van der Waals surface area contributed by atoms with Gasteiger partial charge in [0.15, 0.2) is 0 Å². The first-order chi connectivity index (χ1) is 8.90. The lowest BCUT2D eigenvalue weighted by Gasteiger charge is -2.05. The van der Waals surface area contributed by atoms with Crippen molar-refractivity contribution in [3.05, 3.63) is 32.8 Å². The molecule has 0 aromatic heterocycles. The van der Waals surface area contributed by atoms with Crippen LogP contribution in [0, 0.1) is 10.1 Å². The molecule has 0 spiro atoms. The lowest BCUT2D eigenvalue weighted by atomic mass is 10.2. The molecule has 8 heteroatoms. The second kappa shape index (κ2) is 6.83. The number of carbonyl (C=O) groups is 2. The fraction of sp³-hybridized carbons (Fsp3) is 0.273. The fourth-order valence-electron chi connectivity index (χ4n) is 1.35. The minimum Gasteiger partial charge on any atom is -0.481 e. The number of nitro benzene ring substituents is 1. The maximum atomic E-state index is 11.5. The SMILES string of the molecule is O=C(O)CCCC(=O)Nc1ccc(Br)c([N+](=O)[O-])c1. The zero-order valence-corrected chi connectivity index (χ0v) is 11.3. The van der Waals surface area contributed by atoms with Crippen molar-refractivity contribution >= 4 is 39.2 Å². The average Bonchev–Trinajstić information content (AvgIpc) is 2.30. The van der Waals surface area contributed by atoms with Gasteiger partial charge in [-0.25, -0.2) is 0 Å². The van der Waals surface area contributed by atoms with Crippen LogP contribution in [0.5, 0.6) is 0 Å². The number of anilines is 1. The quantitative estimate of drug-likeness (QED) is 0.615. The third-order valence-electron chi connectivity index (χ3n) is 2.22. The molecule has 0 heterocycles. The number of nitrogens with zero attached hydrogens (tertiary/aromatic N) is 1. The molecule has 0 aliphatic carbocycles. The molecule has 1 aromatic rings. The van der Waals surface area contributed by atoms with Gasteiger partial charge >= 0.3 is 5.97 Å². The van der Waals surface area contributed by atoms with Gasteiger partial charge in [-0.05, 0) is 34.5 Å². The Labute approximate surface area is 116 Å². The van der Waals surface area contributed by atoms with Crippen LogP contribution < -0.4 is 5.32 Å². The number of rotatable bonds is 6.